The third-order valence-corrected chi connectivity index (χ3v) is 3.90. The predicted octanol–water partition coefficient (Wildman–Crippen LogP) is 5.08. The average molecular weight is 267 g/mol. The topological polar surface area (TPSA) is 21.3 Å². The molecule has 1 aliphatic carbocycles. The molecule has 2 atom stereocenters. The van der Waals surface area contributed by atoms with Gasteiger partial charge in [-0.05, 0) is 61.6 Å². The fourth-order valence-electron chi connectivity index (χ4n) is 2.82. The molecule has 0 spiro atoms. The fourth-order valence-corrected chi connectivity index (χ4v) is 2.82. The normalized spacial score (nSPS) is 21.6. The maximum atomic E-state index is 5.79. The van der Waals surface area contributed by atoms with E-state index in [1.165, 1.54) is 24.9 Å². The van der Waals surface area contributed by atoms with Gasteiger partial charge in [0.1, 0.15) is 11.5 Å². The van der Waals surface area contributed by atoms with E-state index < -0.39 is 0 Å². The molecule has 1 aliphatic rings. The highest BCUT2D eigenvalue weighted by Crippen LogP contribution is 2.28. The van der Waals surface area contributed by atoms with Crippen LogP contribution in [-0.2, 0) is 0 Å². The van der Waals surface area contributed by atoms with Crippen LogP contribution in [0.25, 0.3) is 0 Å². The lowest BCUT2D eigenvalue weighted by atomic mass is 10.1. The van der Waals surface area contributed by atoms with E-state index in [0.717, 1.165) is 17.4 Å². The van der Waals surface area contributed by atoms with Crippen molar-refractivity contribution in [2.45, 2.75) is 32.2 Å². The molecule has 1 fully saturated rings. The van der Waals surface area contributed by atoms with Crippen LogP contribution in [0.4, 0.5) is 5.69 Å². The van der Waals surface area contributed by atoms with E-state index in [2.05, 4.69) is 24.4 Å². The van der Waals surface area contributed by atoms with Gasteiger partial charge in [0.05, 0.1) is 0 Å². The van der Waals surface area contributed by atoms with E-state index >= 15 is 0 Å². The van der Waals surface area contributed by atoms with Crippen LogP contribution in [0.15, 0.2) is 54.6 Å². The summed E-state index contributed by atoms with van der Waals surface area (Å²) in [5, 5.41) is 3.61. The Morgan fingerprint density at radius 1 is 0.900 bits per heavy atom. The number of benzene rings is 2. The number of rotatable bonds is 4. The molecule has 2 heteroatoms. The molecule has 0 radical (unpaired) electrons. The van der Waals surface area contributed by atoms with Crippen molar-refractivity contribution < 1.29 is 4.74 Å². The summed E-state index contributed by atoms with van der Waals surface area (Å²) < 4.78 is 5.79. The minimum Gasteiger partial charge on any atom is -0.457 e. The van der Waals surface area contributed by atoms with Crippen LogP contribution < -0.4 is 10.1 Å². The average Bonchev–Trinajstić information content (AvgIpc) is 2.88. The van der Waals surface area contributed by atoms with Crippen LogP contribution in [-0.4, -0.2) is 6.04 Å². The number of para-hydroxylation sites is 1. The summed E-state index contributed by atoms with van der Waals surface area (Å²) >= 11 is 0. The lowest BCUT2D eigenvalue weighted by Crippen LogP contribution is -2.14. The second-order valence-corrected chi connectivity index (χ2v) is 5.70. The zero-order chi connectivity index (χ0) is 13.8. The predicted molar refractivity (Wildman–Crippen MR) is 83.4 cm³/mol. The van der Waals surface area contributed by atoms with Gasteiger partial charge in [-0.3, -0.25) is 0 Å². The van der Waals surface area contributed by atoms with E-state index in [4.69, 9.17) is 4.74 Å². The van der Waals surface area contributed by atoms with Gasteiger partial charge in [-0.1, -0.05) is 25.1 Å². The number of ether oxygens (including phenoxy) is 1. The van der Waals surface area contributed by atoms with E-state index in [-0.39, 0.29) is 0 Å². The number of hydrogen-bond donors (Lipinski definition) is 1. The summed E-state index contributed by atoms with van der Waals surface area (Å²) in [5.74, 6) is 2.60. The molecule has 0 heterocycles. The first-order valence-electron chi connectivity index (χ1n) is 7.39. The molecule has 104 valence electrons. The van der Waals surface area contributed by atoms with Crippen molar-refractivity contribution in [3.8, 4) is 11.5 Å². The Labute approximate surface area is 120 Å². The maximum absolute atomic E-state index is 5.79. The summed E-state index contributed by atoms with van der Waals surface area (Å²) in [4.78, 5) is 0. The zero-order valence-electron chi connectivity index (χ0n) is 11.9. The minimum absolute atomic E-state index is 0.630. The number of nitrogens with one attached hydrogen (secondary N) is 1. The standard InChI is InChI=1S/C18H21NO/c1-14-7-8-16(13-14)19-15-9-11-18(12-10-15)20-17-5-3-2-4-6-17/h2-6,9-12,14,16,19H,7-8,13H2,1H3. The molecule has 0 amide bonds. The van der Waals surface area contributed by atoms with Gasteiger partial charge in [0.25, 0.3) is 0 Å². The summed E-state index contributed by atoms with van der Waals surface area (Å²) in [6.45, 7) is 2.33. The molecular formula is C18H21NO. The molecule has 0 bridgehead atoms. The van der Waals surface area contributed by atoms with Crippen LogP contribution in [0.1, 0.15) is 26.2 Å². The molecule has 2 aromatic carbocycles. The summed E-state index contributed by atoms with van der Waals surface area (Å²) in [6.07, 6.45) is 3.90. The Balaban J connectivity index is 1.60. The van der Waals surface area contributed by atoms with Gasteiger partial charge in [0, 0.05) is 11.7 Å². The Kier molecular flexibility index (Phi) is 3.91. The van der Waals surface area contributed by atoms with Gasteiger partial charge < -0.3 is 10.1 Å². The Morgan fingerprint density at radius 2 is 1.60 bits per heavy atom. The molecule has 1 N–H and O–H groups in total. The minimum atomic E-state index is 0.630. The van der Waals surface area contributed by atoms with Gasteiger partial charge in [-0.15, -0.1) is 0 Å². The SMILES string of the molecule is CC1CCC(Nc2ccc(Oc3ccccc3)cc2)C1. The Hall–Kier alpha value is -1.96. The molecular weight excluding hydrogens is 246 g/mol. The lowest BCUT2D eigenvalue weighted by Gasteiger charge is -2.14. The van der Waals surface area contributed by atoms with Crippen molar-refractivity contribution in [3.63, 3.8) is 0 Å². The van der Waals surface area contributed by atoms with Crippen LogP contribution in [0.2, 0.25) is 0 Å². The first-order chi connectivity index (χ1) is 9.79. The van der Waals surface area contributed by atoms with E-state index in [9.17, 15) is 0 Å². The van der Waals surface area contributed by atoms with Crippen LogP contribution in [0.3, 0.4) is 0 Å². The largest absolute Gasteiger partial charge is 0.457 e. The highest BCUT2D eigenvalue weighted by molar-refractivity contribution is 5.48. The van der Waals surface area contributed by atoms with Crippen molar-refractivity contribution in [3.05, 3.63) is 54.6 Å². The second kappa shape index (κ2) is 6.00. The third kappa shape index (κ3) is 3.32. The molecule has 0 aromatic heterocycles. The van der Waals surface area contributed by atoms with Crippen molar-refractivity contribution in [2.75, 3.05) is 5.32 Å². The highest BCUT2D eigenvalue weighted by Gasteiger charge is 2.20. The highest BCUT2D eigenvalue weighted by atomic mass is 16.5. The number of anilines is 1. The molecule has 2 aromatic rings. The van der Waals surface area contributed by atoms with Crippen molar-refractivity contribution in [1.29, 1.82) is 0 Å². The van der Waals surface area contributed by atoms with Crippen molar-refractivity contribution in [2.24, 2.45) is 5.92 Å². The fraction of sp³-hybridized carbons (Fsp3) is 0.333. The molecule has 3 rings (SSSR count). The second-order valence-electron chi connectivity index (χ2n) is 5.70. The molecule has 2 nitrogen and oxygen atoms in total. The summed E-state index contributed by atoms with van der Waals surface area (Å²) in [7, 11) is 0. The zero-order valence-corrected chi connectivity index (χ0v) is 11.9. The summed E-state index contributed by atoms with van der Waals surface area (Å²) in [5.41, 5.74) is 1.18. The van der Waals surface area contributed by atoms with Crippen molar-refractivity contribution in [1.82, 2.24) is 0 Å². The smallest absolute Gasteiger partial charge is 0.127 e. The van der Waals surface area contributed by atoms with Gasteiger partial charge in [0.2, 0.25) is 0 Å². The van der Waals surface area contributed by atoms with E-state index in [1.54, 1.807) is 0 Å². The quantitative estimate of drug-likeness (QED) is 0.834. The third-order valence-electron chi connectivity index (χ3n) is 3.90. The summed E-state index contributed by atoms with van der Waals surface area (Å²) in [6, 6.07) is 18.7. The molecule has 0 aliphatic heterocycles. The first-order valence-corrected chi connectivity index (χ1v) is 7.39. The Morgan fingerprint density at radius 3 is 2.25 bits per heavy atom. The molecule has 20 heavy (non-hydrogen) atoms. The van der Waals surface area contributed by atoms with Crippen LogP contribution in [0.5, 0.6) is 11.5 Å². The molecule has 0 saturated heterocycles. The molecule has 2 unspecified atom stereocenters. The lowest BCUT2D eigenvalue weighted by molar-refractivity contribution is 0.483. The van der Waals surface area contributed by atoms with Crippen LogP contribution in [0, 0.1) is 5.92 Å². The van der Waals surface area contributed by atoms with Gasteiger partial charge in [0.15, 0.2) is 0 Å². The van der Waals surface area contributed by atoms with Gasteiger partial charge in [-0.2, -0.15) is 0 Å². The number of hydrogen-bond acceptors (Lipinski definition) is 2. The molecule has 1 saturated carbocycles. The van der Waals surface area contributed by atoms with E-state index in [0.29, 0.717) is 6.04 Å². The van der Waals surface area contributed by atoms with Gasteiger partial charge >= 0.3 is 0 Å². The Bertz CT molecular complexity index is 535. The monoisotopic (exact) mass is 267 g/mol. The van der Waals surface area contributed by atoms with Crippen molar-refractivity contribution >= 4 is 5.69 Å². The first kappa shape index (κ1) is 13.0. The maximum Gasteiger partial charge on any atom is 0.127 e. The van der Waals surface area contributed by atoms with E-state index in [1.807, 2.05) is 42.5 Å². The van der Waals surface area contributed by atoms with Crippen LogP contribution >= 0.6 is 0 Å². The van der Waals surface area contributed by atoms with Gasteiger partial charge in [-0.25, -0.2) is 0 Å².